The van der Waals surface area contributed by atoms with Crippen LogP contribution in [0.2, 0.25) is 0 Å². The van der Waals surface area contributed by atoms with E-state index in [2.05, 4.69) is 5.32 Å². The maximum absolute atomic E-state index is 12.9. The Kier molecular flexibility index (Phi) is 4.05. The van der Waals surface area contributed by atoms with Crippen molar-refractivity contribution in [2.45, 2.75) is 44.2 Å². The Balaban J connectivity index is 1.62. The number of amides is 1. The zero-order valence-electron chi connectivity index (χ0n) is 14.3. The molecule has 0 bridgehead atoms. The van der Waals surface area contributed by atoms with Gasteiger partial charge >= 0.3 is 5.97 Å². The first kappa shape index (κ1) is 16.8. The van der Waals surface area contributed by atoms with Crippen molar-refractivity contribution in [3.05, 3.63) is 33.9 Å². The molecule has 8 heteroatoms. The highest BCUT2D eigenvalue weighted by Crippen LogP contribution is 2.43. The molecule has 0 spiro atoms. The van der Waals surface area contributed by atoms with Crippen molar-refractivity contribution in [2.24, 2.45) is 11.8 Å². The lowest BCUT2D eigenvalue weighted by molar-refractivity contribution is -0.384. The summed E-state index contributed by atoms with van der Waals surface area (Å²) in [5.41, 5.74) is 0.431. The lowest BCUT2D eigenvalue weighted by Gasteiger charge is -2.24. The van der Waals surface area contributed by atoms with Crippen molar-refractivity contribution < 1.29 is 19.6 Å². The maximum Gasteiger partial charge on any atom is 0.326 e. The maximum atomic E-state index is 12.9. The first-order valence-corrected chi connectivity index (χ1v) is 9.04. The first-order valence-electron chi connectivity index (χ1n) is 9.04. The summed E-state index contributed by atoms with van der Waals surface area (Å²) in [5, 5.41) is 24.1. The summed E-state index contributed by atoms with van der Waals surface area (Å²) in [5.74, 6) is -1.23. The van der Waals surface area contributed by atoms with Gasteiger partial charge in [0, 0.05) is 24.2 Å². The summed E-state index contributed by atoms with van der Waals surface area (Å²) in [7, 11) is 0. The highest BCUT2D eigenvalue weighted by Gasteiger charge is 2.49. The summed E-state index contributed by atoms with van der Waals surface area (Å²) in [6, 6.07) is 3.78. The summed E-state index contributed by atoms with van der Waals surface area (Å²) >= 11 is 0. The number of likely N-dealkylation sites (tertiary alicyclic amines) is 1. The molecule has 1 aliphatic heterocycles. The quantitative estimate of drug-likeness (QED) is 0.617. The van der Waals surface area contributed by atoms with Crippen LogP contribution in [0.25, 0.3) is 0 Å². The third-order valence-electron chi connectivity index (χ3n) is 5.78. The molecule has 3 atom stereocenters. The van der Waals surface area contributed by atoms with Crippen molar-refractivity contribution in [1.29, 1.82) is 0 Å². The van der Waals surface area contributed by atoms with Crippen LogP contribution in [0.3, 0.4) is 0 Å². The number of nitro groups is 1. The van der Waals surface area contributed by atoms with Gasteiger partial charge in [-0.2, -0.15) is 0 Å². The third-order valence-corrected chi connectivity index (χ3v) is 5.78. The number of nitrogens with zero attached hydrogens (tertiary/aromatic N) is 2. The average molecular weight is 359 g/mol. The van der Waals surface area contributed by atoms with Crippen molar-refractivity contribution in [3.8, 4) is 0 Å². The number of nitrogens with one attached hydrogen (secondary N) is 1. The number of carbonyl (C=O) groups is 2. The Labute approximate surface area is 150 Å². The van der Waals surface area contributed by atoms with Crippen LogP contribution in [0.1, 0.15) is 42.5 Å². The second-order valence-corrected chi connectivity index (χ2v) is 7.50. The summed E-state index contributed by atoms with van der Waals surface area (Å²) < 4.78 is 0. The van der Waals surface area contributed by atoms with Crippen LogP contribution in [0, 0.1) is 22.0 Å². The fourth-order valence-electron chi connectivity index (χ4n) is 4.38. The minimum atomic E-state index is -0.991. The molecule has 138 valence electrons. The SMILES string of the molecule is O=C(O)C1C2CCCC2CN1C(=O)c1ccc(NC2CC2)c([N+](=O)[O-])c1. The second kappa shape index (κ2) is 6.26. The topological polar surface area (TPSA) is 113 Å². The van der Waals surface area contributed by atoms with Crippen LogP contribution in [0.15, 0.2) is 18.2 Å². The van der Waals surface area contributed by atoms with Crippen LogP contribution in [-0.2, 0) is 4.79 Å². The van der Waals surface area contributed by atoms with Gasteiger partial charge in [0.2, 0.25) is 0 Å². The second-order valence-electron chi connectivity index (χ2n) is 7.50. The zero-order chi connectivity index (χ0) is 18.4. The van der Waals surface area contributed by atoms with Gasteiger partial charge in [-0.25, -0.2) is 4.79 Å². The van der Waals surface area contributed by atoms with E-state index in [0.717, 1.165) is 32.1 Å². The molecule has 3 aliphatic rings. The number of benzene rings is 1. The molecule has 1 saturated heterocycles. The Morgan fingerprint density at radius 2 is 2.00 bits per heavy atom. The molecule has 0 aromatic heterocycles. The fraction of sp³-hybridized carbons (Fsp3) is 0.556. The van der Waals surface area contributed by atoms with Crippen LogP contribution < -0.4 is 5.32 Å². The van der Waals surface area contributed by atoms with Crippen molar-refractivity contribution in [1.82, 2.24) is 4.90 Å². The molecule has 1 heterocycles. The standard InChI is InChI=1S/C18H21N3O5/c22-17(20-9-11-2-1-3-13(11)16(20)18(23)24)10-4-7-14(19-12-5-6-12)15(8-10)21(25)26/h4,7-8,11-13,16,19H,1-3,5-6,9H2,(H,23,24). The van der Waals surface area contributed by atoms with E-state index in [4.69, 9.17) is 0 Å². The Morgan fingerprint density at radius 1 is 1.23 bits per heavy atom. The summed E-state index contributed by atoms with van der Waals surface area (Å²) in [4.78, 5) is 37.0. The molecule has 2 aliphatic carbocycles. The van der Waals surface area contributed by atoms with E-state index in [-0.39, 0.29) is 29.1 Å². The molecule has 1 aromatic carbocycles. The number of carbonyl (C=O) groups excluding carboxylic acids is 1. The van der Waals surface area contributed by atoms with E-state index in [9.17, 15) is 24.8 Å². The number of carboxylic acid groups (broad SMARTS) is 1. The van der Waals surface area contributed by atoms with E-state index < -0.39 is 22.8 Å². The molecule has 4 rings (SSSR count). The number of hydrogen-bond donors (Lipinski definition) is 2. The lowest BCUT2D eigenvalue weighted by Crippen LogP contribution is -2.43. The van der Waals surface area contributed by atoms with Crippen LogP contribution in [0.4, 0.5) is 11.4 Å². The minimum Gasteiger partial charge on any atom is -0.480 e. The van der Waals surface area contributed by atoms with Gasteiger partial charge in [-0.05, 0) is 49.7 Å². The number of nitro benzene ring substituents is 1. The molecular formula is C18H21N3O5. The number of anilines is 1. The van der Waals surface area contributed by atoms with Gasteiger partial charge in [0.05, 0.1) is 4.92 Å². The van der Waals surface area contributed by atoms with Gasteiger partial charge in [0.15, 0.2) is 0 Å². The fourth-order valence-corrected chi connectivity index (χ4v) is 4.38. The molecule has 0 radical (unpaired) electrons. The zero-order valence-corrected chi connectivity index (χ0v) is 14.3. The van der Waals surface area contributed by atoms with Gasteiger partial charge in [0.25, 0.3) is 11.6 Å². The van der Waals surface area contributed by atoms with E-state index >= 15 is 0 Å². The molecule has 3 fully saturated rings. The average Bonchev–Trinajstić information content (AvgIpc) is 3.16. The largest absolute Gasteiger partial charge is 0.480 e. The molecule has 3 unspecified atom stereocenters. The number of carboxylic acids is 1. The summed E-state index contributed by atoms with van der Waals surface area (Å²) in [6.07, 6.45) is 4.70. The number of aliphatic carboxylic acids is 1. The first-order chi connectivity index (χ1) is 12.5. The molecule has 2 N–H and O–H groups in total. The van der Waals surface area contributed by atoms with E-state index in [1.807, 2.05) is 0 Å². The molecular weight excluding hydrogens is 338 g/mol. The normalized spacial score (nSPS) is 27.2. The van der Waals surface area contributed by atoms with Crippen molar-refractivity contribution in [2.75, 3.05) is 11.9 Å². The number of hydrogen-bond acceptors (Lipinski definition) is 5. The van der Waals surface area contributed by atoms with E-state index in [1.54, 1.807) is 12.1 Å². The third kappa shape index (κ3) is 2.89. The molecule has 1 aromatic rings. The minimum absolute atomic E-state index is 0.0118. The van der Waals surface area contributed by atoms with Gasteiger partial charge in [0.1, 0.15) is 11.7 Å². The smallest absolute Gasteiger partial charge is 0.326 e. The highest BCUT2D eigenvalue weighted by atomic mass is 16.6. The Hall–Kier alpha value is -2.64. The van der Waals surface area contributed by atoms with E-state index in [1.165, 1.54) is 11.0 Å². The van der Waals surface area contributed by atoms with E-state index in [0.29, 0.717) is 12.2 Å². The van der Waals surface area contributed by atoms with Gasteiger partial charge < -0.3 is 15.3 Å². The monoisotopic (exact) mass is 359 g/mol. The predicted molar refractivity (Wildman–Crippen MR) is 93.0 cm³/mol. The molecule has 8 nitrogen and oxygen atoms in total. The Bertz CT molecular complexity index is 776. The molecule has 26 heavy (non-hydrogen) atoms. The number of rotatable bonds is 5. The molecule has 2 saturated carbocycles. The van der Waals surface area contributed by atoms with Crippen LogP contribution >= 0.6 is 0 Å². The molecule has 1 amide bonds. The van der Waals surface area contributed by atoms with Gasteiger partial charge in [-0.15, -0.1) is 0 Å². The Morgan fingerprint density at radius 3 is 2.65 bits per heavy atom. The highest BCUT2D eigenvalue weighted by molar-refractivity contribution is 5.98. The summed E-state index contributed by atoms with van der Waals surface area (Å²) in [6.45, 7) is 0.413. The number of fused-ring (bicyclic) bond motifs is 1. The van der Waals surface area contributed by atoms with Crippen LogP contribution in [0.5, 0.6) is 0 Å². The van der Waals surface area contributed by atoms with Crippen molar-refractivity contribution >= 4 is 23.3 Å². The lowest BCUT2D eigenvalue weighted by atomic mass is 9.94. The van der Waals surface area contributed by atoms with Gasteiger partial charge in [-0.1, -0.05) is 6.42 Å². The predicted octanol–water partition coefficient (Wildman–Crippen LogP) is 2.49. The van der Waals surface area contributed by atoms with Crippen molar-refractivity contribution in [3.63, 3.8) is 0 Å². The van der Waals surface area contributed by atoms with Gasteiger partial charge in [-0.3, -0.25) is 14.9 Å². The van der Waals surface area contributed by atoms with Crippen LogP contribution in [-0.4, -0.2) is 45.4 Å².